The van der Waals surface area contributed by atoms with Gasteiger partial charge in [0.15, 0.2) is 6.29 Å². The van der Waals surface area contributed by atoms with Crippen LogP contribution in [0.1, 0.15) is 0 Å². The van der Waals surface area contributed by atoms with Crippen LogP contribution in [0.3, 0.4) is 0 Å². The molecule has 0 aliphatic rings. The van der Waals surface area contributed by atoms with Crippen molar-refractivity contribution < 1.29 is 13.8 Å². The molecule has 0 aliphatic carbocycles. The molecular formula is C12H11NO3S. The summed E-state index contributed by atoms with van der Waals surface area (Å²) < 4.78 is 9.95. The molecule has 0 heterocycles. The predicted molar refractivity (Wildman–Crippen MR) is 69.2 cm³/mol. The SMILES string of the molecule is O=CCOc1cccc2c(NOS)cccc12. The van der Waals surface area contributed by atoms with Gasteiger partial charge in [0.05, 0.1) is 5.69 Å². The Morgan fingerprint density at radius 2 is 1.94 bits per heavy atom. The normalized spacial score (nSPS) is 10.2. The summed E-state index contributed by atoms with van der Waals surface area (Å²) >= 11 is 3.65. The summed E-state index contributed by atoms with van der Waals surface area (Å²) in [4.78, 5) is 10.3. The van der Waals surface area contributed by atoms with Crippen LogP contribution in [0.4, 0.5) is 5.69 Å². The summed E-state index contributed by atoms with van der Waals surface area (Å²) in [5, 5.41) is 1.84. The second kappa shape index (κ2) is 5.56. The zero-order valence-electron chi connectivity index (χ0n) is 8.92. The van der Waals surface area contributed by atoms with Crippen molar-refractivity contribution in [1.82, 2.24) is 0 Å². The highest BCUT2D eigenvalue weighted by molar-refractivity contribution is 7.75. The van der Waals surface area contributed by atoms with E-state index in [1.54, 1.807) is 0 Å². The van der Waals surface area contributed by atoms with Crippen molar-refractivity contribution in [2.75, 3.05) is 12.1 Å². The van der Waals surface area contributed by atoms with Gasteiger partial charge in [-0.25, -0.2) is 4.28 Å². The Hall–Kier alpha value is -1.72. The van der Waals surface area contributed by atoms with Crippen molar-refractivity contribution in [3.8, 4) is 5.75 Å². The van der Waals surface area contributed by atoms with E-state index >= 15 is 0 Å². The fraction of sp³-hybridized carbons (Fsp3) is 0.0833. The lowest BCUT2D eigenvalue weighted by Gasteiger charge is -2.10. The average molecular weight is 249 g/mol. The monoisotopic (exact) mass is 249 g/mol. The largest absolute Gasteiger partial charge is 0.485 e. The maximum atomic E-state index is 10.3. The van der Waals surface area contributed by atoms with Crippen LogP contribution in [0.15, 0.2) is 36.4 Å². The number of aldehydes is 1. The number of ether oxygens (including phenoxy) is 1. The van der Waals surface area contributed by atoms with Crippen LogP contribution in [0.2, 0.25) is 0 Å². The summed E-state index contributed by atoms with van der Waals surface area (Å²) in [7, 11) is 0. The quantitative estimate of drug-likeness (QED) is 0.370. The lowest BCUT2D eigenvalue weighted by atomic mass is 10.1. The molecule has 0 saturated heterocycles. The topological polar surface area (TPSA) is 47.6 Å². The van der Waals surface area contributed by atoms with Crippen molar-refractivity contribution in [1.29, 1.82) is 0 Å². The Balaban J connectivity index is 2.49. The number of hydrogen-bond donors (Lipinski definition) is 2. The highest BCUT2D eigenvalue weighted by Gasteiger charge is 2.05. The first-order valence-corrected chi connectivity index (χ1v) is 5.38. The molecule has 2 rings (SSSR count). The third-order valence-electron chi connectivity index (χ3n) is 2.34. The van der Waals surface area contributed by atoms with Gasteiger partial charge in [0, 0.05) is 23.7 Å². The molecule has 5 heteroatoms. The van der Waals surface area contributed by atoms with E-state index in [9.17, 15) is 4.79 Å². The first kappa shape index (κ1) is 11.8. The molecular weight excluding hydrogens is 238 g/mol. The summed E-state index contributed by atoms with van der Waals surface area (Å²) in [5.74, 6) is 0.664. The fourth-order valence-corrected chi connectivity index (χ4v) is 1.77. The second-order valence-electron chi connectivity index (χ2n) is 3.33. The number of anilines is 1. The van der Waals surface area contributed by atoms with Crippen LogP contribution in [0.5, 0.6) is 5.75 Å². The van der Waals surface area contributed by atoms with Gasteiger partial charge in [-0.05, 0) is 12.1 Å². The molecule has 0 unspecified atom stereocenters. The molecule has 88 valence electrons. The molecule has 0 radical (unpaired) electrons. The van der Waals surface area contributed by atoms with E-state index < -0.39 is 0 Å². The standard InChI is InChI=1S/C12H11NO3S/c14-7-8-15-12-6-2-3-9-10(12)4-1-5-11(9)13-16-17/h1-7,13,17H,8H2. The van der Waals surface area contributed by atoms with Crippen LogP contribution in [0, 0.1) is 0 Å². The molecule has 1 N–H and O–H groups in total. The summed E-state index contributed by atoms with van der Waals surface area (Å²) in [6, 6.07) is 11.2. The van der Waals surface area contributed by atoms with Gasteiger partial charge in [-0.1, -0.05) is 24.3 Å². The molecule has 0 saturated carbocycles. The first-order chi connectivity index (χ1) is 8.36. The summed E-state index contributed by atoms with van der Waals surface area (Å²) in [5.41, 5.74) is 3.46. The van der Waals surface area contributed by atoms with E-state index in [1.807, 2.05) is 36.4 Å². The Labute approximate surface area is 104 Å². The number of fused-ring (bicyclic) bond motifs is 1. The number of nitrogens with one attached hydrogen (secondary N) is 1. The van der Waals surface area contributed by atoms with Crippen molar-refractivity contribution in [3.05, 3.63) is 36.4 Å². The van der Waals surface area contributed by atoms with Gasteiger partial charge >= 0.3 is 0 Å². The highest BCUT2D eigenvalue weighted by atomic mass is 32.1. The van der Waals surface area contributed by atoms with Crippen LogP contribution in [-0.2, 0) is 9.08 Å². The Morgan fingerprint density at radius 3 is 2.71 bits per heavy atom. The zero-order chi connectivity index (χ0) is 12.1. The fourth-order valence-electron chi connectivity index (χ4n) is 1.67. The van der Waals surface area contributed by atoms with Crippen molar-refractivity contribution >= 4 is 35.7 Å². The zero-order valence-corrected chi connectivity index (χ0v) is 9.81. The molecule has 17 heavy (non-hydrogen) atoms. The van der Waals surface area contributed by atoms with E-state index in [2.05, 4.69) is 22.7 Å². The summed E-state index contributed by atoms with van der Waals surface area (Å²) in [6.45, 7) is 0.0415. The minimum absolute atomic E-state index is 0.0415. The number of carbonyl (C=O) groups is 1. The van der Waals surface area contributed by atoms with E-state index in [4.69, 9.17) is 4.74 Å². The van der Waals surface area contributed by atoms with Gasteiger partial charge in [0.25, 0.3) is 0 Å². The molecule has 0 amide bonds. The maximum Gasteiger partial charge on any atom is 0.157 e. The van der Waals surface area contributed by atoms with Crippen LogP contribution in [-0.4, -0.2) is 12.9 Å². The van der Waals surface area contributed by atoms with Gasteiger partial charge < -0.3 is 4.74 Å². The van der Waals surface area contributed by atoms with Crippen LogP contribution >= 0.6 is 12.9 Å². The van der Waals surface area contributed by atoms with Crippen LogP contribution < -0.4 is 10.2 Å². The molecule has 0 aromatic heterocycles. The first-order valence-electron chi connectivity index (χ1n) is 5.01. The smallest absolute Gasteiger partial charge is 0.157 e. The number of hydrogen-bond acceptors (Lipinski definition) is 5. The van der Waals surface area contributed by atoms with Crippen molar-refractivity contribution in [3.63, 3.8) is 0 Å². The minimum atomic E-state index is 0.0415. The maximum absolute atomic E-state index is 10.3. The molecule has 2 aromatic carbocycles. The Kier molecular flexibility index (Phi) is 3.85. The van der Waals surface area contributed by atoms with Gasteiger partial charge in [-0.15, -0.1) is 0 Å². The second-order valence-corrected chi connectivity index (χ2v) is 3.51. The number of rotatable bonds is 5. The van der Waals surface area contributed by atoms with Gasteiger partial charge in [0.1, 0.15) is 12.4 Å². The number of thiol groups is 1. The average Bonchev–Trinajstić information content (AvgIpc) is 2.37. The third kappa shape index (κ3) is 2.51. The van der Waals surface area contributed by atoms with E-state index in [0.29, 0.717) is 5.75 Å². The molecule has 4 nitrogen and oxygen atoms in total. The Bertz CT molecular complexity index is 530. The van der Waals surface area contributed by atoms with Crippen LogP contribution in [0.25, 0.3) is 10.8 Å². The lowest BCUT2D eigenvalue weighted by molar-refractivity contribution is -0.109. The summed E-state index contributed by atoms with van der Waals surface area (Å²) in [6.07, 6.45) is 0.720. The molecule has 0 aliphatic heterocycles. The highest BCUT2D eigenvalue weighted by Crippen LogP contribution is 2.30. The van der Waals surface area contributed by atoms with Crippen molar-refractivity contribution in [2.45, 2.75) is 0 Å². The third-order valence-corrected chi connectivity index (χ3v) is 2.44. The van der Waals surface area contributed by atoms with E-state index in [-0.39, 0.29) is 6.61 Å². The van der Waals surface area contributed by atoms with E-state index in [0.717, 1.165) is 22.7 Å². The lowest BCUT2D eigenvalue weighted by Crippen LogP contribution is -1.99. The van der Waals surface area contributed by atoms with E-state index in [1.165, 1.54) is 0 Å². The molecule has 0 atom stereocenters. The minimum Gasteiger partial charge on any atom is -0.485 e. The number of carbonyl (C=O) groups excluding carboxylic acids is 1. The predicted octanol–water partition coefficient (Wildman–Crippen LogP) is 2.61. The van der Waals surface area contributed by atoms with Crippen molar-refractivity contribution in [2.24, 2.45) is 0 Å². The van der Waals surface area contributed by atoms with Gasteiger partial charge in [-0.2, -0.15) is 0 Å². The molecule has 0 fully saturated rings. The molecule has 0 spiro atoms. The Morgan fingerprint density at radius 1 is 1.18 bits per heavy atom. The molecule has 0 bridgehead atoms. The van der Waals surface area contributed by atoms with Gasteiger partial charge in [-0.3, -0.25) is 10.3 Å². The molecule has 2 aromatic rings. The van der Waals surface area contributed by atoms with Gasteiger partial charge in [0.2, 0.25) is 0 Å². The number of benzene rings is 2.